The van der Waals surface area contributed by atoms with Gasteiger partial charge < -0.3 is 10.4 Å². The third-order valence-electron chi connectivity index (χ3n) is 6.04. The molecule has 3 N–H and O–H groups in total. The van der Waals surface area contributed by atoms with Crippen molar-refractivity contribution in [2.24, 2.45) is 5.10 Å². The van der Waals surface area contributed by atoms with E-state index in [2.05, 4.69) is 20.7 Å². The molecular weight excluding hydrogens is 460 g/mol. The van der Waals surface area contributed by atoms with Crippen molar-refractivity contribution in [2.45, 2.75) is 39.3 Å². The molecule has 0 bridgehead atoms. The Hall–Kier alpha value is -3.33. The number of likely N-dealkylation sites (tertiary alicyclic amines) is 1. The highest BCUT2D eigenvalue weighted by Crippen LogP contribution is 2.28. The van der Waals surface area contributed by atoms with E-state index in [0.717, 1.165) is 54.7 Å². The van der Waals surface area contributed by atoms with Crippen molar-refractivity contribution >= 4 is 34.4 Å². The zero-order chi connectivity index (χ0) is 24.8. The molecular formula is C27H30N4O3S. The largest absolute Gasteiger partial charge is 0.393 e. The van der Waals surface area contributed by atoms with Crippen LogP contribution in [0.5, 0.6) is 0 Å². The zero-order valence-corrected chi connectivity index (χ0v) is 20.8. The second kappa shape index (κ2) is 11.4. The fourth-order valence-corrected chi connectivity index (χ4v) is 4.95. The Labute approximate surface area is 209 Å². The van der Waals surface area contributed by atoms with Crippen LogP contribution in [0.15, 0.2) is 59.0 Å². The van der Waals surface area contributed by atoms with Crippen LogP contribution in [0.3, 0.4) is 0 Å². The van der Waals surface area contributed by atoms with Crippen molar-refractivity contribution in [1.29, 1.82) is 0 Å². The van der Waals surface area contributed by atoms with Gasteiger partial charge in [0, 0.05) is 25.2 Å². The molecule has 0 atom stereocenters. The molecule has 2 aromatic carbocycles. The number of carbonyl (C=O) groups excluding carboxylic acids is 2. The molecule has 7 nitrogen and oxygen atoms in total. The van der Waals surface area contributed by atoms with Crippen LogP contribution in [0.25, 0.3) is 0 Å². The third kappa shape index (κ3) is 6.63. The van der Waals surface area contributed by atoms with Crippen LogP contribution in [0.4, 0.5) is 5.00 Å². The highest BCUT2D eigenvalue weighted by Gasteiger charge is 2.20. The second-order valence-corrected chi connectivity index (χ2v) is 9.77. The smallest absolute Gasteiger partial charge is 0.274 e. The standard InChI is InChI=1S/C27H30N4O3S/c1-18-6-8-20(9-7-18)15-28-30-26(34)24-19(2)17-35-27(24)29-25(33)22-5-3-4-21(14-22)16-31-12-10-23(32)11-13-31/h3-9,14-15,17,23,32H,10-13,16H2,1-2H3,(H,29,33)(H,30,34)/b28-15+. The second-order valence-electron chi connectivity index (χ2n) is 8.89. The highest BCUT2D eigenvalue weighted by atomic mass is 32.1. The molecule has 1 aliphatic heterocycles. The van der Waals surface area contributed by atoms with E-state index in [1.807, 2.05) is 61.7 Å². The topological polar surface area (TPSA) is 94.0 Å². The first-order valence-corrected chi connectivity index (χ1v) is 12.6. The van der Waals surface area contributed by atoms with Crippen LogP contribution in [0.1, 0.15) is 55.8 Å². The average Bonchev–Trinajstić information content (AvgIpc) is 3.21. The fraction of sp³-hybridized carbons (Fsp3) is 0.296. The summed E-state index contributed by atoms with van der Waals surface area (Å²) in [4.78, 5) is 28.1. The van der Waals surface area contributed by atoms with Gasteiger partial charge in [-0.15, -0.1) is 11.3 Å². The van der Waals surface area contributed by atoms with Gasteiger partial charge in [0.05, 0.1) is 17.9 Å². The molecule has 182 valence electrons. The van der Waals surface area contributed by atoms with Gasteiger partial charge in [-0.2, -0.15) is 5.10 Å². The molecule has 2 heterocycles. The molecule has 0 radical (unpaired) electrons. The van der Waals surface area contributed by atoms with Crippen molar-refractivity contribution in [1.82, 2.24) is 10.3 Å². The molecule has 2 amide bonds. The molecule has 0 spiro atoms. The van der Waals surface area contributed by atoms with Crippen LogP contribution in [-0.2, 0) is 6.54 Å². The summed E-state index contributed by atoms with van der Waals surface area (Å²) in [6, 6.07) is 15.3. The number of benzene rings is 2. The molecule has 35 heavy (non-hydrogen) atoms. The van der Waals surface area contributed by atoms with Crippen LogP contribution < -0.4 is 10.7 Å². The number of amides is 2. The lowest BCUT2D eigenvalue weighted by atomic mass is 10.1. The maximum Gasteiger partial charge on any atom is 0.274 e. The maximum absolute atomic E-state index is 13.0. The Morgan fingerprint density at radius 2 is 1.86 bits per heavy atom. The Morgan fingerprint density at radius 1 is 1.11 bits per heavy atom. The number of aliphatic hydroxyl groups is 1. The summed E-state index contributed by atoms with van der Waals surface area (Å²) in [5, 5.41) is 19.0. The predicted octanol–water partition coefficient (Wildman–Crippen LogP) is 4.34. The number of hydrazone groups is 1. The van der Waals surface area contributed by atoms with Gasteiger partial charge in [-0.05, 0) is 60.9 Å². The number of aliphatic hydroxyl groups excluding tert-OH is 1. The number of piperidine rings is 1. The van der Waals surface area contributed by atoms with E-state index in [1.165, 1.54) is 11.3 Å². The number of carbonyl (C=O) groups is 2. The number of nitrogens with one attached hydrogen (secondary N) is 2. The summed E-state index contributed by atoms with van der Waals surface area (Å²) in [7, 11) is 0. The summed E-state index contributed by atoms with van der Waals surface area (Å²) >= 11 is 1.32. The van der Waals surface area contributed by atoms with E-state index in [-0.39, 0.29) is 17.9 Å². The normalized spacial score (nSPS) is 14.8. The summed E-state index contributed by atoms with van der Waals surface area (Å²) in [5.41, 5.74) is 7.35. The zero-order valence-electron chi connectivity index (χ0n) is 20.0. The first kappa shape index (κ1) is 24.8. The summed E-state index contributed by atoms with van der Waals surface area (Å²) in [6.45, 7) is 6.27. The van der Waals surface area contributed by atoms with Crippen molar-refractivity contribution in [3.63, 3.8) is 0 Å². The molecule has 1 saturated heterocycles. The molecule has 0 aliphatic carbocycles. The van der Waals surface area contributed by atoms with Crippen LogP contribution in [0.2, 0.25) is 0 Å². The third-order valence-corrected chi connectivity index (χ3v) is 7.05. The van der Waals surface area contributed by atoms with Crippen LogP contribution >= 0.6 is 11.3 Å². The Kier molecular flexibility index (Phi) is 8.07. The molecule has 0 unspecified atom stereocenters. The quantitative estimate of drug-likeness (QED) is 0.339. The van der Waals surface area contributed by atoms with Crippen molar-refractivity contribution in [2.75, 3.05) is 18.4 Å². The minimum absolute atomic E-state index is 0.211. The van der Waals surface area contributed by atoms with Gasteiger partial charge in [-0.25, -0.2) is 5.43 Å². The van der Waals surface area contributed by atoms with E-state index in [4.69, 9.17) is 0 Å². The number of hydrogen-bond acceptors (Lipinski definition) is 6. The number of rotatable bonds is 7. The molecule has 4 rings (SSSR count). The van der Waals surface area contributed by atoms with E-state index < -0.39 is 0 Å². The number of aryl methyl sites for hydroxylation is 2. The van der Waals surface area contributed by atoms with Gasteiger partial charge in [0.15, 0.2) is 0 Å². The van der Waals surface area contributed by atoms with Gasteiger partial charge in [0.2, 0.25) is 0 Å². The fourth-order valence-electron chi connectivity index (χ4n) is 4.01. The number of anilines is 1. The first-order chi connectivity index (χ1) is 16.9. The van der Waals surface area contributed by atoms with Gasteiger partial charge in [-0.1, -0.05) is 42.0 Å². The van der Waals surface area contributed by atoms with Crippen LogP contribution in [0, 0.1) is 13.8 Å². The van der Waals surface area contributed by atoms with Gasteiger partial charge in [-0.3, -0.25) is 14.5 Å². The lowest BCUT2D eigenvalue weighted by Gasteiger charge is -2.29. The number of thiophene rings is 1. The molecule has 0 saturated carbocycles. The van der Waals surface area contributed by atoms with E-state index in [0.29, 0.717) is 16.1 Å². The minimum atomic E-state index is -0.372. The van der Waals surface area contributed by atoms with E-state index in [9.17, 15) is 14.7 Å². The van der Waals surface area contributed by atoms with Gasteiger partial charge in [0.25, 0.3) is 11.8 Å². The predicted molar refractivity (Wildman–Crippen MR) is 140 cm³/mol. The average molecular weight is 491 g/mol. The van der Waals surface area contributed by atoms with E-state index in [1.54, 1.807) is 12.3 Å². The van der Waals surface area contributed by atoms with E-state index >= 15 is 0 Å². The highest BCUT2D eigenvalue weighted by molar-refractivity contribution is 7.15. The summed E-state index contributed by atoms with van der Waals surface area (Å²) in [6.07, 6.45) is 2.93. The monoisotopic (exact) mass is 490 g/mol. The molecule has 1 aromatic heterocycles. The van der Waals surface area contributed by atoms with Crippen molar-refractivity contribution < 1.29 is 14.7 Å². The van der Waals surface area contributed by atoms with Gasteiger partial charge >= 0.3 is 0 Å². The summed E-state index contributed by atoms with van der Waals surface area (Å²) < 4.78 is 0. The van der Waals surface area contributed by atoms with Crippen molar-refractivity contribution in [3.05, 3.63) is 87.3 Å². The first-order valence-electron chi connectivity index (χ1n) is 11.7. The molecule has 1 fully saturated rings. The Morgan fingerprint density at radius 3 is 2.60 bits per heavy atom. The number of hydrogen-bond donors (Lipinski definition) is 3. The molecule has 3 aromatic rings. The SMILES string of the molecule is Cc1ccc(/C=N/NC(=O)c2c(C)csc2NC(=O)c2cccc(CN3CCC(O)CC3)c2)cc1. The molecule has 8 heteroatoms. The van der Waals surface area contributed by atoms with Crippen LogP contribution in [-0.4, -0.2) is 47.2 Å². The maximum atomic E-state index is 13.0. The minimum Gasteiger partial charge on any atom is -0.393 e. The Balaban J connectivity index is 1.40. The Bertz CT molecular complexity index is 1210. The lowest BCUT2D eigenvalue weighted by molar-refractivity contribution is 0.0792. The lowest BCUT2D eigenvalue weighted by Crippen LogP contribution is -2.35. The van der Waals surface area contributed by atoms with Gasteiger partial charge in [0.1, 0.15) is 5.00 Å². The van der Waals surface area contributed by atoms with Crippen molar-refractivity contribution in [3.8, 4) is 0 Å². The number of nitrogens with zero attached hydrogens (tertiary/aromatic N) is 2. The summed E-state index contributed by atoms with van der Waals surface area (Å²) in [5.74, 6) is -0.636. The molecule has 1 aliphatic rings.